The molecule has 2 N–H and O–H groups in total. The van der Waals surface area contributed by atoms with E-state index in [0.29, 0.717) is 18.1 Å². The Balaban J connectivity index is 1.31. The van der Waals surface area contributed by atoms with Crippen LogP contribution in [0, 0.1) is 5.41 Å². The third-order valence-corrected chi connectivity index (χ3v) is 7.89. The molecule has 1 saturated heterocycles. The molecule has 7 nitrogen and oxygen atoms in total. The van der Waals surface area contributed by atoms with E-state index >= 15 is 0 Å². The maximum Gasteiger partial charge on any atom is 0.270 e. The van der Waals surface area contributed by atoms with Gasteiger partial charge in [0.1, 0.15) is 11.4 Å². The van der Waals surface area contributed by atoms with Crippen LogP contribution in [0.4, 0.5) is 0 Å². The molecule has 1 aliphatic carbocycles. The summed E-state index contributed by atoms with van der Waals surface area (Å²) in [6, 6.07) is 9.20. The molecule has 1 aromatic heterocycles. The zero-order chi connectivity index (χ0) is 20.6. The summed E-state index contributed by atoms with van der Waals surface area (Å²) in [6.45, 7) is 1.02. The van der Waals surface area contributed by atoms with Gasteiger partial charge in [-0.1, -0.05) is 11.6 Å². The molecular formula is C20H22ClN3O4S. The van der Waals surface area contributed by atoms with Crippen LogP contribution in [0.15, 0.2) is 47.5 Å². The molecule has 2 fully saturated rings. The van der Waals surface area contributed by atoms with Crippen molar-refractivity contribution < 1.29 is 18.3 Å². The fourth-order valence-corrected chi connectivity index (χ4v) is 5.89. The number of pyridine rings is 1. The largest absolute Gasteiger partial charge is 0.506 e. The van der Waals surface area contributed by atoms with E-state index in [1.165, 1.54) is 34.8 Å². The van der Waals surface area contributed by atoms with Crippen molar-refractivity contribution in [3.8, 4) is 5.75 Å². The van der Waals surface area contributed by atoms with Crippen LogP contribution in [-0.4, -0.2) is 47.9 Å². The molecule has 1 amide bonds. The van der Waals surface area contributed by atoms with E-state index < -0.39 is 10.0 Å². The summed E-state index contributed by atoms with van der Waals surface area (Å²) >= 11 is 5.85. The number of halogens is 1. The van der Waals surface area contributed by atoms with Crippen molar-refractivity contribution in [2.45, 2.75) is 36.6 Å². The van der Waals surface area contributed by atoms with Gasteiger partial charge in [0.25, 0.3) is 5.91 Å². The Hall–Kier alpha value is -2.16. The number of rotatable bonds is 4. The summed E-state index contributed by atoms with van der Waals surface area (Å²) in [5.74, 6) is -0.240. The molecule has 0 atom stereocenters. The van der Waals surface area contributed by atoms with Gasteiger partial charge >= 0.3 is 0 Å². The molecule has 0 radical (unpaired) electrons. The highest BCUT2D eigenvalue weighted by molar-refractivity contribution is 7.89. The summed E-state index contributed by atoms with van der Waals surface area (Å²) in [7, 11) is -3.49. The molecule has 1 aliphatic heterocycles. The van der Waals surface area contributed by atoms with Crippen LogP contribution in [0.2, 0.25) is 5.02 Å². The summed E-state index contributed by atoms with van der Waals surface area (Å²) < 4.78 is 27.0. The number of aromatic hydroxyl groups is 1. The van der Waals surface area contributed by atoms with Crippen molar-refractivity contribution >= 4 is 27.5 Å². The molecule has 1 saturated carbocycles. The lowest BCUT2D eigenvalue weighted by Crippen LogP contribution is -2.60. The van der Waals surface area contributed by atoms with Gasteiger partial charge in [-0.05, 0) is 67.5 Å². The van der Waals surface area contributed by atoms with E-state index in [1.807, 2.05) is 0 Å². The quantitative estimate of drug-likeness (QED) is 0.769. The van der Waals surface area contributed by atoms with Crippen LogP contribution in [0.3, 0.4) is 0 Å². The maximum atomic E-state index is 12.7. The fourth-order valence-electron chi connectivity index (χ4n) is 4.10. The number of hydrogen-bond donors (Lipinski definition) is 2. The van der Waals surface area contributed by atoms with Gasteiger partial charge in [0.2, 0.25) is 10.0 Å². The van der Waals surface area contributed by atoms with E-state index in [9.17, 15) is 18.3 Å². The van der Waals surface area contributed by atoms with E-state index in [1.54, 1.807) is 12.1 Å². The molecule has 4 rings (SSSR count). The highest BCUT2D eigenvalue weighted by Gasteiger charge is 2.49. The molecule has 29 heavy (non-hydrogen) atoms. The molecule has 1 aromatic carbocycles. The lowest BCUT2D eigenvalue weighted by atomic mass is 9.68. The Morgan fingerprint density at radius 3 is 2.38 bits per heavy atom. The number of nitrogens with one attached hydrogen (secondary N) is 1. The van der Waals surface area contributed by atoms with Gasteiger partial charge in [-0.3, -0.25) is 4.79 Å². The third-order valence-electron chi connectivity index (χ3n) is 5.84. The topological polar surface area (TPSA) is 99.6 Å². The van der Waals surface area contributed by atoms with Crippen molar-refractivity contribution in [3.63, 3.8) is 0 Å². The molecule has 0 unspecified atom stereocenters. The van der Waals surface area contributed by atoms with Gasteiger partial charge in [0, 0.05) is 24.2 Å². The van der Waals surface area contributed by atoms with Gasteiger partial charge in [0.05, 0.1) is 11.1 Å². The Morgan fingerprint density at radius 1 is 1.14 bits per heavy atom. The number of carbonyl (C=O) groups is 1. The molecule has 1 spiro atoms. The van der Waals surface area contributed by atoms with Crippen LogP contribution >= 0.6 is 11.6 Å². The van der Waals surface area contributed by atoms with Crippen molar-refractivity contribution in [3.05, 3.63) is 53.3 Å². The summed E-state index contributed by atoms with van der Waals surface area (Å²) in [5.41, 5.74) is 0.268. The molecule has 2 aliphatic rings. The molecule has 9 heteroatoms. The van der Waals surface area contributed by atoms with Gasteiger partial charge < -0.3 is 10.4 Å². The smallest absolute Gasteiger partial charge is 0.270 e. The van der Waals surface area contributed by atoms with Crippen molar-refractivity contribution in [2.75, 3.05) is 13.1 Å². The molecule has 0 bridgehead atoms. The summed E-state index contributed by atoms with van der Waals surface area (Å²) in [6.07, 6.45) is 4.59. The molecular weight excluding hydrogens is 414 g/mol. The second kappa shape index (κ2) is 7.59. The second-order valence-electron chi connectivity index (χ2n) is 7.88. The van der Waals surface area contributed by atoms with Gasteiger partial charge in [-0.25, -0.2) is 13.4 Å². The SMILES string of the molecule is O=C(NC1CCC2(CC1)CN(S(=O)(=O)c1ccc(Cl)cc1)C2)c1ccc(O)cn1. The number of sulfonamides is 1. The predicted octanol–water partition coefficient (Wildman–Crippen LogP) is 2.80. The normalized spacial score (nSPS) is 19.6. The number of carbonyl (C=O) groups excluding carboxylic acids is 1. The highest BCUT2D eigenvalue weighted by atomic mass is 35.5. The van der Waals surface area contributed by atoms with Crippen LogP contribution < -0.4 is 5.32 Å². The molecule has 2 heterocycles. The first-order valence-corrected chi connectivity index (χ1v) is 11.3. The van der Waals surface area contributed by atoms with E-state index in [2.05, 4.69) is 10.3 Å². The Bertz CT molecular complexity index is 993. The van der Waals surface area contributed by atoms with Crippen molar-refractivity contribution in [1.29, 1.82) is 0 Å². The average molecular weight is 436 g/mol. The number of aromatic nitrogens is 1. The zero-order valence-electron chi connectivity index (χ0n) is 15.7. The van der Waals surface area contributed by atoms with Crippen LogP contribution in [0.1, 0.15) is 36.2 Å². The first-order chi connectivity index (χ1) is 13.8. The van der Waals surface area contributed by atoms with Crippen molar-refractivity contribution in [2.24, 2.45) is 5.41 Å². The molecule has 2 aromatic rings. The minimum absolute atomic E-state index is 0.00247. The third kappa shape index (κ3) is 4.10. The van der Waals surface area contributed by atoms with E-state index in [0.717, 1.165) is 25.7 Å². The zero-order valence-corrected chi connectivity index (χ0v) is 17.3. The van der Waals surface area contributed by atoms with Crippen LogP contribution in [0.25, 0.3) is 0 Å². The number of hydrogen-bond acceptors (Lipinski definition) is 5. The minimum Gasteiger partial charge on any atom is -0.506 e. The van der Waals surface area contributed by atoms with Gasteiger partial charge in [-0.15, -0.1) is 0 Å². The maximum absolute atomic E-state index is 12.7. The highest BCUT2D eigenvalue weighted by Crippen LogP contribution is 2.45. The number of amides is 1. The second-order valence-corrected chi connectivity index (χ2v) is 10.3. The summed E-state index contributed by atoms with van der Waals surface area (Å²) in [4.78, 5) is 16.5. The lowest BCUT2D eigenvalue weighted by Gasteiger charge is -2.52. The summed E-state index contributed by atoms with van der Waals surface area (Å²) in [5, 5.41) is 12.8. The van der Waals surface area contributed by atoms with Gasteiger partial charge in [0.15, 0.2) is 0 Å². The average Bonchev–Trinajstić information content (AvgIpc) is 2.67. The van der Waals surface area contributed by atoms with Crippen LogP contribution in [-0.2, 0) is 10.0 Å². The fraction of sp³-hybridized carbons (Fsp3) is 0.400. The standard InChI is InChI=1S/C20H22ClN3O4S/c21-14-1-4-17(5-2-14)29(27,28)24-12-20(13-24)9-7-15(8-10-20)23-19(26)18-6-3-16(25)11-22-18/h1-6,11,15,25H,7-10,12-13H2,(H,23,26). The Labute approximate surface area is 174 Å². The predicted molar refractivity (Wildman–Crippen MR) is 108 cm³/mol. The monoisotopic (exact) mass is 435 g/mol. The lowest BCUT2D eigenvalue weighted by molar-refractivity contribution is 0.0215. The van der Waals surface area contributed by atoms with Crippen LogP contribution in [0.5, 0.6) is 5.75 Å². The van der Waals surface area contributed by atoms with Gasteiger partial charge in [-0.2, -0.15) is 4.31 Å². The first-order valence-electron chi connectivity index (χ1n) is 9.49. The Morgan fingerprint density at radius 2 is 1.79 bits per heavy atom. The number of benzene rings is 1. The van der Waals surface area contributed by atoms with E-state index in [4.69, 9.17) is 11.6 Å². The molecule has 154 valence electrons. The van der Waals surface area contributed by atoms with Crippen molar-refractivity contribution in [1.82, 2.24) is 14.6 Å². The first kappa shape index (κ1) is 20.1. The minimum atomic E-state index is -3.49. The Kier molecular flexibility index (Phi) is 5.27. The van der Waals surface area contributed by atoms with E-state index in [-0.39, 0.29) is 33.7 Å². The number of nitrogens with zero attached hydrogens (tertiary/aromatic N) is 2.